The Morgan fingerprint density at radius 1 is 1.13 bits per heavy atom. The van der Waals surface area contributed by atoms with E-state index in [1.807, 2.05) is 52.2 Å². The van der Waals surface area contributed by atoms with Crippen LogP contribution in [0.3, 0.4) is 0 Å². The molecule has 0 bridgehead atoms. The van der Waals surface area contributed by atoms with E-state index >= 15 is 0 Å². The fraction of sp³-hybridized carbons (Fsp3) is 0.583. The quantitative estimate of drug-likeness (QED) is 0.596. The van der Waals surface area contributed by atoms with Gasteiger partial charge in [-0.25, -0.2) is 0 Å². The maximum Gasteiger partial charge on any atom is 0.290 e. The molecular formula is C24H37N3O3. The molecule has 1 unspecified atom stereocenters. The lowest BCUT2D eigenvalue weighted by atomic mass is 9.92. The summed E-state index contributed by atoms with van der Waals surface area (Å²) in [7, 11) is 3.98. The monoisotopic (exact) mass is 415 g/mol. The first-order valence-electron chi connectivity index (χ1n) is 11.0. The van der Waals surface area contributed by atoms with E-state index in [1.165, 1.54) is 0 Å². The number of carbonyl (C=O) groups is 2. The molecule has 0 aromatic heterocycles. The molecule has 1 aliphatic heterocycles. The number of benzene rings is 1. The van der Waals surface area contributed by atoms with Crippen molar-refractivity contribution in [1.82, 2.24) is 9.80 Å². The second-order valence-corrected chi connectivity index (χ2v) is 8.61. The second kappa shape index (κ2) is 10.6. The Morgan fingerprint density at radius 2 is 1.73 bits per heavy atom. The van der Waals surface area contributed by atoms with E-state index in [9.17, 15) is 14.7 Å². The van der Waals surface area contributed by atoms with E-state index in [-0.39, 0.29) is 23.0 Å². The number of aliphatic hydroxyl groups excluding tert-OH is 1. The van der Waals surface area contributed by atoms with E-state index in [4.69, 9.17) is 0 Å². The summed E-state index contributed by atoms with van der Waals surface area (Å²) in [5, 5.41) is 10.6. The number of anilines is 1. The van der Waals surface area contributed by atoms with Crippen LogP contribution in [0.15, 0.2) is 35.6 Å². The number of hydrogen-bond acceptors (Lipinski definition) is 5. The summed E-state index contributed by atoms with van der Waals surface area (Å²) in [6.45, 7) is 11.3. The zero-order valence-electron chi connectivity index (χ0n) is 19.3. The third-order valence-corrected chi connectivity index (χ3v) is 5.54. The van der Waals surface area contributed by atoms with Crippen LogP contribution in [0.1, 0.15) is 52.1 Å². The molecular weight excluding hydrogens is 378 g/mol. The minimum absolute atomic E-state index is 0.149. The van der Waals surface area contributed by atoms with Crippen LogP contribution in [0.4, 0.5) is 5.69 Å². The first-order chi connectivity index (χ1) is 14.2. The predicted octanol–water partition coefficient (Wildman–Crippen LogP) is 3.80. The SMILES string of the molecule is CCN(CC)c1ccc(C2C(C(=O)CC(C)C)=C(O)C(=O)N2CCCN(C)C)cc1. The van der Waals surface area contributed by atoms with Gasteiger partial charge in [0.2, 0.25) is 0 Å². The third-order valence-electron chi connectivity index (χ3n) is 5.54. The maximum atomic E-state index is 13.0. The van der Waals surface area contributed by atoms with Crippen molar-refractivity contribution in [2.24, 2.45) is 5.92 Å². The smallest absolute Gasteiger partial charge is 0.290 e. The Morgan fingerprint density at radius 3 is 2.23 bits per heavy atom. The molecule has 6 heteroatoms. The number of rotatable bonds is 11. The molecule has 0 radical (unpaired) electrons. The predicted molar refractivity (Wildman–Crippen MR) is 122 cm³/mol. The van der Waals surface area contributed by atoms with Crippen molar-refractivity contribution in [3.05, 3.63) is 41.2 Å². The molecule has 1 aromatic rings. The van der Waals surface area contributed by atoms with Crippen molar-refractivity contribution >= 4 is 17.4 Å². The van der Waals surface area contributed by atoms with Crippen LogP contribution in [0.25, 0.3) is 0 Å². The van der Waals surface area contributed by atoms with E-state index in [1.54, 1.807) is 4.90 Å². The highest BCUT2D eigenvalue weighted by molar-refractivity contribution is 6.09. The molecule has 1 atom stereocenters. The lowest BCUT2D eigenvalue weighted by molar-refractivity contribution is -0.129. The van der Waals surface area contributed by atoms with Crippen molar-refractivity contribution in [3.63, 3.8) is 0 Å². The van der Waals surface area contributed by atoms with Crippen molar-refractivity contribution in [2.45, 2.75) is 46.6 Å². The van der Waals surface area contributed by atoms with Gasteiger partial charge in [-0.1, -0.05) is 26.0 Å². The highest BCUT2D eigenvalue weighted by Crippen LogP contribution is 2.39. The molecule has 1 aliphatic rings. The van der Waals surface area contributed by atoms with Crippen molar-refractivity contribution in [2.75, 3.05) is 45.2 Å². The van der Waals surface area contributed by atoms with Gasteiger partial charge in [0.25, 0.3) is 5.91 Å². The van der Waals surface area contributed by atoms with Gasteiger partial charge >= 0.3 is 0 Å². The largest absolute Gasteiger partial charge is 0.503 e. The summed E-state index contributed by atoms with van der Waals surface area (Å²) in [5.74, 6) is -0.827. The van der Waals surface area contributed by atoms with Crippen LogP contribution in [-0.4, -0.2) is 66.9 Å². The molecule has 6 nitrogen and oxygen atoms in total. The molecule has 1 aromatic carbocycles. The van der Waals surface area contributed by atoms with E-state index < -0.39 is 11.9 Å². The van der Waals surface area contributed by atoms with Crippen LogP contribution >= 0.6 is 0 Å². The van der Waals surface area contributed by atoms with Gasteiger partial charge in [-0.15, -0.1) is 0 Å². The number of nitrogens with zero attached hydrogens (tertiary/aromatic N) is 3. The molecule has 0 spiro atoms. The standard InChI is InChI=1S/C24H37N3O3/c1-7-26(8-2)19-12-10-18(11-13-19)22-21(20(28)16-17(3)4)23(29)24(30)27(22)15-9-14-25(5)6/h10-13,17,22,29H,7-9,14-16H2,1-6H3. The molecule has 0 saturated carbocycles. The molecule has 0 saturated heterocycles. The molecule has 0 fully saturated rings. The first kappa shape index (κ1) is 23.9. The Bertz CT molecular complexity index is 764. The number of aliphatic hydroxyl groups is 1. The molecule has 166 valence electrons. The minimum Gasteiger partial charge on any atom is -0.503 e. The van der Waals surface area contributed by atoms with Crippen molar-refractivity contribution in [1.29, 1.82) is 0 Å². The lowest BCUT2D eigenvalue weighted by Crippen LogP contribution is -2.33. The molecule has 1 heterocycles. The molecule has 1 amide bonds. The van der Waals surface area contributed by atoms with Crippen molar-refractivity contribution < 1.29 is 14.7 Å². The lowest BCUT2D eigenvalue weighted by Gasteiger charge is -2.28. The fourth-order valence-corrected chi connectivity index (χ4v) is 4.01. The highest BCUT2D eigenvalue weighted by atomic mass is 16.3. The zero-order chi connectivity index (χ0) is 22.4. The van der Waals surface area contributed by atoms with Gasteiger partial charge < -0.3 is 19.8 Å². The van der Waals surface area contributed by atoms with Crippen LogP contribution in [0.5, 0.6) is 0 Å². The topological polar surface area (TPSA) is 64.1 Å². The summed E-state index contributed by atoms with van der Waals surface area (Å²) in [4.78, 5) is 31.8. The van der Waals surface area contributed by atoms with Gasteiger partial charge in [-0.2, -0.15) is 0 Å². The van der Waals surface area contributed by atoms with Crippen molar-refractivity contribution in [3.8, 4) is 0 Å². The van der Waals surface area contributed by atoms with Crippen LogP contribution in [0.2, 0.25) is 0 Å². The average molecular weight is 416 g/mol. The Kier molecular flexibility index (Phi) is 8.47. The zero-order valence-corrected chi connectivity index (χ0v) is 19.3. The fourth-order valence-electron chi connectivity index (χ4n) is 4.01. The second-order valence-electron chi connectivity index (χ2n) is 8.61. The summed E-state index contributed by atoms with van der Waals surface area (Å²) >= 11 is 0. The normalized spacial score (nSPS) is 16.9. The van der Waals surface area contributed by atoms with Gasteiger partial charge in [0.1, 0.15) is 0 Å². The van der Waals surface area contributed by atoms with Gasteiger partial charge in [-0.3, -0.25) is 9.59 Å². The molecule has 1 N–H and O–H groups in total. The highest BCUT2D eigenvalue weighted by Gasteiger charge is 2.43. The van der Waals surface area contributed by atoms with Gasteiger partial charge in [-0.05, 0) is 64.5 Å². The summed E-state index contributed by atoms with van der Waals surface area (Å²) < 4.78 is 0. The number of carbonyl (C=O) groups excluding carboxylic acids is 2. The van der Waals surface area contributed by atoms with Gasteiger partial charge in [0.05, 0.1) is 11.6 Å². The van der Waals surface area contributed by atoms with Crippen LogP contribution in [-0.2, 0) is 9.59 Å². The maximum absolute atomic E-state index is 13.0. The minimum atomic E-state index is -0.531. The first-order valence-corrected chi connectivity index (χ1v) is 11.0. The number of hydrogen-bond donors (Lipinski definition) is 1. The third kappa shape index (κ3) is 5.42. The Balaban J connectivity index is 2.40. The van der Waals surface area contributed by atoms with Gasteiger partial charge in [0.15, 0.2) is 11.5 Å². The number of amides is 1. The van der Waals surface area contributed by atoms with Crippen LogP contribution < -0.4 is 4.90 Å². The number of Topliss-reactive ketones (excluding diaryl/α,β-unsaturated/α-hetero) is 1. The van der Waals surface area contributed by atoms with E-state index in [0.717, 1.165) is 37.3 Å². The van der Waals surface area contributed by atoms with Gasteiger partial charge in [0, 0.05) is 31.7 Å². The summed E-state index contributed by atoms with van der Waals surface area (Å²) in [6, 6.07) is 7.49. The Labute approximate surface area is 181 Å². The Hall–Kier alpha value is -2.34. The van der Waals surface area contributed by atoms with E-state index in [0.29, 0.717) is 13.0 Å². The molecule has 0 aliphatic carbocycles. The van der Waals surface area contributed by atoms with Crippen LogP contribution in [0, 0.1) is 5.92 Å². The molecule has 30 heavy (non-hydrogen) atoms. The summed E-state index contributed by atoms with van der Waals surface area (Å²) in [6.07, 6.45) is 1.08. The summed E-state index contributed by atoms with van der Waals surface area (Å²) in [5.41, 5.74) is 2.21. The average Bonchev–Trinajstić information content (AvgIpc) is 2.94. The number of ketones is 1. The molecule has 2 rings (SSSR count). The van der Waals surface area contributed by atoms with E-state index in [2.05, 4.69) is 23.6 Å².